The van der Waals surface area contributed by atoms with Crippen molar-refractivity contribution in [1.82, 2.24) is 20.1 Å². The number of carboxylic acid groups (broad SMARTS) is 2. The van der Waals surface area contributed by atoms with Crippen molar-refractivity contribution < 1.29 is 24.2 Å². The number of para-hydroxylation sites is 1. The molecule has 2 aromatic carbocycles. The molecule has 8 nitrogen and oxygen atoms in total. The van der Waals surface area contributed by atoms with Crippen LogP contribution in [-0.2, 0) is 22.6 Å². The summed E-state index contributed by atoms with van der Waals surface area (Å²) in [5.41, 5.74) is 6.66. The molecule has 9 heteroatoms. The summed E-state index contributed by atoms with van der Waals surface area (Å²) in [6.45, 7) is 5.73. The Morgan fingerprint density at radius 2 is 1.73 bits per heavy atom. The van der Waals surface area contributed by atoms with E-state index >= 15 is 0 Å². The van der Waals surface area contributed by atoms with Crippen LogP contribution in [0.3, 0.4) is 0 Å². The van der Waals surface area contributed by atoms with Crippen LogP contribution in [0.1, 0.15) is 22.5 Å². The maximum atomic E-state index is 13.2. The van der Waals surface area contributed by atoms with Gasteiger partial charge in [0.15, 0.2) is 0 Å². The van der Waals surface area contributed by atoms with E-state index in [0.717, 1.165) is 36.6 Å². The molecule has 0 saturated carbocycles. The van der Waals surface area contributed by atoms with E-state index in [9.17, 15) is 4.39 Å². The van der Waals surface area contributed by atoms with Gasteiger partial charge in [-0.1, -0.05) is 18.2 Å². The smallest absolute Gasteiger partial charge is 0.414 e. The van der Waals surface area contributed by atoms with Crippen LogP contribution in [0.4, 0.5) is 4.39 Å². The van der Waals surface area contributed by atoms with E-state index in [-0.39, 0.29) is 5.82 Å². The topological polar surface area (TPSA) is 120 Å². The average Bonchev–Trinajstić information content (AvgIpc) is 3.33. The Morgan fingerprint density at radius 3 is 2.39 bits per heavy atom. The summed E-state index contributed by atoms with van der Waals surface area (Å²) >= 11 is 0. The zero-order chi connectivity index (χ0) is 24.0. The third-order valence-electron chi connectivity index (χ3n) is 5.24. The van der Waals surface area contributed by atoms with E-state index in [1.807, 2.05) is 17.7 Å². The summed E-state index contributed by atoms with van der Waals surface area (Å²) in [6.07, 6.45) is 3.06. The molecular formula is C24H25FN4O4. The Kier molecular flexibility index (Phi) is 7.57. The van der Waals surface area contributed by atoms with Gasteiger partial charge >= 0.3 is 11.9 Å². The van der Waals surface area contributed by atoms with Gasteiger partial charge in [-0.15, -0.1) is 0 Å². The Labute approximate surface area is 189 Å². The molecule has 0 aliphatic heterocycles. The Balaban J connectivity index is 0.000000454. The van der Waals surface area contributed by atoms with Gasteiger partial charge in [-0.05, 0) is 62.7 Å². The van der Waals surface area contributed by atoms with Crippen LogP contribution in [0.25, 0.3) is 16.6 Å². The van der Waals surface area contributed by atoms with Gasteiger partial charge in [0, 0.05) is 34.9 Å². The normalized spacial score (nSPS) is 10.6. The fourth-order valence-electron chi connectivity index (χ4n) is 3.54. The SMILES string of the molecule is Cc1nn(-c2ccc(F)cc2)c(C)c1CNCCc1c[nH]c2ccccc12.O=C(O)C(=O)O. The Bertz CT molecular complexity index is 1250. The van der Waals surface area contributed by atoms with Crippen molar-refractivity contribution in [2.45, 2.75) is 26.8 Å². The van der Waals surface area contributed by atoms with Gasteiger partial charge < -0.3 is 20.5 Å². The molecule has 0 spiro atoms. The minimum Gasteiger partial charge on any atom is -0.473 e. The zero-order valence-corrected chi connectivity index (χ0v) is 18.3. The third-order valence-corrected chi connectivity index (χ3v) is 5.24. The van der Waals surface area contributed by atoms with Crippen molar-refractivity contribution in [2.24, 2.45) is 0 Å². The predicted molar refractivity (Wildman–Crippen MR) is 122 cm³/mol. The molecule has 0 unspecified atom stereocenters. The van der Waals surface area contributed by atoms with Crippen LogP contribution < -0.4 is 5.32 Å². The number of benzene rings is 2. The number of halogens is 1. The number of carboxylic acids is 2. The minimum atomic E-state index is -1.82. The quantitative estimate of drug-likeness (QED) is 0.262. The van der Waals surface area contributed by atoms with E-state index in [2.05, 4.69) is 46.7 Å². The number of H-pyrrole nitrogens is 1. The molecule has 2 heterocycles. The summed E-state index contributed by atoms with van der Waals surface area (Å²) in [6, 6.07) is 14.8. The first-order chi connectivity index (χ1) is 15.8. The highest BCUT2D eigenvalue weighted by Crippen LogP contribution is 2.19. The number of hydrogen-bond donors (Lipinski definition) is 4. The lowest BCUT2D eigenvalue weighted by atomic mass is 10.1. The van der Waals surface area contributed by atoms with Crippen LogP contribution in [0.2, 0.25) is 0 Å². The van der Waals surface area contributed by atoms with Gasteiger partial charge in [0.1, 0.15) is 5.82 Å². The number of fused-ring (bicyclic) bond motifs is 1. The number of aromatic nitrogens is 3. The number of nitrogens with zero attached hydrogens (tertiary/aromatic N) is 2. The highest BCUT2D eigenvalue weighted by atomic mass is 19.1. The first-order valence-corrected chi connectivity index (χ1v) is 10.3. The van der Waals surface area contributed by atoms with Crippen LogP contribution in [0, 0.1) is 19.7 Å². The molecule has 4 N–H and O–H groups in total. The lowest BCUT2D eigenvalue weighted by Gasteiger charge is -2.07. The molecule has 4 rings (SSSR count). The molecule has 172 valence electrons. The van der Waals surface area contributed by atoms with Crippen LogP contribution in [0.15, 0.2) is 54.7 Å². The number of carbonyl (C=O) groups is 2. The fraction of sp³-hybridized carbons (Fsp3) is 0.208. The molecule has 0 saturated heterocycles. The maximum absolute atomic E-state index is 13.2. The molecule has 2 aromatic heterocycles. The average molecular weight is 452 g/mol. The van der Waals surface area contributed by atoms with Gasteiger partial charge in [0.05, 0.1) is 11.4 Å². The summed E-state index contributed by atoms with van der Waals surface area (Å²) < 4.78 is 15.0. The minimum absolute atomic E-state index is 0.237. The predicted octanol–water partition coefficient (Wildman–Crippen LogP) is 3.60. The largest absolute Gasteiger partial charge is 0.473 e. The van der Waals surface area contributed by atoms with E-state index < -0.39 is 11.9 Å². The number of aliphatic carboxylic acids is 2. The van der Waals surface area contributed by atoms with Crippen LogP contribution in [0.5, 0.6) is 0 Å². The first-order valence-electron chi connectivity index (χ1n) is 10.3. The van der Waals surface area contributed by atoms with E-state index in [1.54, 1.807) is 12.1 Å². The molecule has 4 aromatic rings. The Morgan fingerprint density at radius 1 is 1.06 bits per heavy atom. The Hall–Kier alpha value is -3.98. The second-order valence-corrected chi connectivity index (χ2v) is 7.43. The summed E-state index contributed by atoms with van der Waals surface area (Å²) in [5.74, 6) is -3.88. The second kappa shape index (κ2) is 10.6. The fourth-order valence-corrected chi connectivity index (χ4v) is 3.54. The number of nitrogens with one attached hydrogen (secondary N) is 2. The van der Waals surface area contributed by atoms with E-state index in [4.69, 9.17) is 19.8 Å². The maximum Gasteiger partial charge on any atom is 0.414 e. The molecule has 0 aliphatic carbocycles. The van der Waals surface area contributed by atoms with Crippen molar-refractivity contribution in [3.05, 3.63) is 83.1 Å². The molecule has 33 heavy (non-hydrogen) atoms. The van der Waals surface area contributed by atoms with Crippen molar-refractivity contribution >= 4 is 22.8 Å². The second-order valence-electron chi connectivity index (χ2n) is 7.43. The van der Waals surface area contributed by atoms with Crippen LogP contribution in [-0.4, -0.2) is 43.5 Å². The van der Waals surface area contributed by atoms with Crippen LogP contribution >= 0.6 is 0 Å². The van der Waals surface area contributed by atoms with Gasteiger partial charge in [-0.2, -0.15) is 5.10 Å². The van der Waals surface area contributed by atoms with Gasteiger partial charge in [-0.3, -0.25) is 0 Å². The molecule has 0 amide bonds. The molecule has 0 fully saturated rings. The molecule has 0 aliphatic rings. The van der Waals surface area contributed by atoms with Gasteiger partial charge in [0.25, 0.3) is 0 Å². The van der Waals surface area contributed by atoms with Crippen molar-refractivity contribution in [1.29, 1.82) is 0 Å². The van der Waals surface area contributed by atoms with Gasteiger partial charge in [-0.25, -0.2) is 18.7 Å². The third kappa shape index (κ3) is 5.83. The van der Waals surface area contributed by atoms with E-state index in [0.29, 0.717) is 0 Å². The number of aromatic amines is 1. The number of hydrogen-bond acceptors (Lipinski definition) is 4. The first kappa shape index (κ1) is 23.7. The monoisotopic (exact) mass is 452 g/mol. The molecular weight excluding hydrogens is 427 g/mol. The highest BCUT2D eigenvalue weighted by Gasteiger charge is 2.12. The molecule has 0 bridgehead atoms. The van der Waals surface area contributed by atoms with Crippen molar-refractivity contribution in [3.8, 4) is 5.69 Å². The summed E-state index contributed by atoms with van der Waals surface area (Å²) in [5, 5.41) is 24.2. The summed E-state index contributed by atoms with van der Waals surface area (Å²) in [7, 11) is 0. The lowest BCUT2D eigenvalue weighted by Crippen LogP contribution is -2.17. The zero-order valence-electron chi connectivity index (χ0n) is 18.3. The standard InChI is InChI=1S/C22H23FN4.C2H2O4/c1-15-21(16(2)27(26-15)19-9-7-18(23)8-10-19)14-24-12-11-17-13-25-22-6-4-3-5-20(17)22;3-1(4)2(5)6/h3-10,13,24-25H,11-12,14H2,1-2H3;(H,3,4)(H,5,6). The molecule has 0 radical (unpaired) electrons. The highest BCUT2D eigenvalue weighted by molar-refractivity contribution is 6.27. The van der Waals surface area contributed by atoms with E-state index in [1.165, 1.54) is 34.2 Å². The lowest BCUT2D eigenvalue weighted by molar-refractivity contribution is -0.159. The van der Waals surface area contributed by atoms with Crippen molar-refractivity contribution in [3.63, 3.8) is 0 Å². The number of aryl methyl sites for hydroxylation is 1. The molecule has 0 atom stereocenters. The van der Waals surface area contributed by atoms with Gasteiger partial charge in [0.2, 0.25) is 0 Å². The summed E-state index contributed by atoms with van der Waals surface area (Å²) in [4.78, 5) is 21.5. The van der Waals surface area contributed by atoms with Crippen molar-refractivity contribution in [2.75, 3.05) is 6.54 Å². The number of rotatable bonds is 6.